The van der Waals surface area contributed by atoms with Crippen LogP contribution in [0, 0.1) is 0 Å². The second-order valence-electron chi connectivity index (χ2n) is 16.6. The van der Waals surface area contributed by atoms with Gasteiger partial charge in [-0.1, -0.05) is 25.7 Å². The number of carbonyl (C=O) groups is 6. The van der Waals surface area contributed by atoms with Gasteiger partial charge in [-0.2, -0.15) is 0 Å². The molecular formula is C48H72N8O12. The minimum absolute atomic E-state index is 0.558. The van der Waals surface area contributed by atoms with E-state index in [0.717, 1.165) is 26.2 Å². The van der Waals surface area contributed by atoms with Gasteiger partial charge in [0.05, 0.1) is 0 Å². The van der Waals surface area contributed by atoms with Crippen LogP contribution in [-0.2, 0) is 28.8 Å². The monoisotopic (exact) mass is 953 g/mol. The summed E-state index contributed by atoms with van der Waals surface area (Å²) in [5.41, 5.74) is 2.63. The quantitative estimate of drug-likeness (QED) is 0.146. The average molecular weight is 953 g/mol. The van der Waals surface area contributed by atoms with E-state index in [4.69, 9.17) is 30.6 Å². The molecule has 6 heterocycles. The predicted octanol–water partition coefficient (Wildman–Crippen LogP) is 4.07. The molecule has 68 heavy (non-hydrogen) atoms. The highest BCUT2D eigenvalue weighted by Gasteiger charge is 2.24. The summed E-state index contributed by atoms with van der Waals surface area (Å²) >= 11 is 0. The predicted molar refractivity (Wildman–Crippen MR) is 258 cm³/mol. The molecule has 20 nitrogen and oxygen atoms in total. The molecule has 20 heteroatoms. The Morgan fingerprint density at radius 3 is 0.868 bits per heavy atom. The van der Waals surface area contributed by atoms with E-state index in [-0.39, 0.29) is 0 Å². The molecule has 0 aromatic carbocycles. The van der Waals surface area contributed by atoms with E-state index < -0.39 is 35.8 Å². The van der Waals surface area contributed by atoms with Crippen molar-refractivity contribution in [3.63, 3.8) is 0 Å². The van der Waals surface area contributed by atoms with Crippen LogP contribution in [0.5, 0.6) is 0 Å². The summed E-state index contributed by atoms with van der Waals surface area (Å²) in [6.45, 7) is 21.8. The first-order valence-electron chi connectivity index (χ1n) is 23.2. The summed E-state index contributed by atoms with van der Waals surface area (Å²) in [6, 6.07) is 9.84. The van der Waals surface area contributed by atoms with Crippen molar-refractivity contribution in [3.8, 4) is 0 Å². The number of rotatable bonds is 14. The third-order valence-corrected chi connectivity index (χ3v) is 11.5. The van der Waals surface area contributed by atoms with Gasteiger partial charge in [0.25, 0.3) is 0 Å². The first-order chi connectivity index (χ1) is 32.5. The van der Waals surface area contributed by atoms with E-state index >= 15 is 0 Å². The van der Waals surface area contributed by atoms with Gasteiger partial charge in [0.2, 0.25) is 0 Å². The molecule has 2 aromatic rings. The summed E-state index contributed by atoms with van der Waals surface area (Å²) in [6.07, 6.45) is 22.2. The van der Waals surface area contributed by atoms with Crippen molar-refractivity contribution in [1.82, 2.24) is 29.6 Å². The van der Waals surface area contributed by atoms with Gasteiger partial charge in [-0.3, -0.25) is 19.8 Å². The Morgan fingerprint density at radius 2 is 0.647 bits per heavy atom. The van der Waals surface area contributed by atoms with Crippen LogP contribution in [-0.4, -0.2) is 200 Å². The van der Waals surface area contributed by atoms with Gasteiger partial charge >= 0.3 is 35.8 Å². The number of hydrogen-bond donors (Lipinski definition) is 6. The van der Waals surface area contributed by atoms with E-state index in [1.54, 1.807) is 0 Å². The second kappa shape index (κ2) is 34.1. The largest absolute Gasteiger partial charge is 0.478 e. The fourth-order valence-electron chi connectivity index (χ4n) is 8.00. The number of likely N-dealkylation sites (tertiary alicyclic amines) is 2. The van der Waals surface area contributed by atoms with Crippen LogP contribution in [0.1, 0.15) is 65.2 Å². The van der Waals surface area contributed by atoms with Gasteiger partial charge < -0.3 is 50.2 Å². The van der Waals surface area contributed by atoms with Crippen molar-refractivity contribution >= 4 is 47.2 Å². The number of carboxylic acids is 6. The van der Waals surface area contributed by atoms with E-state index in [2.05, 4.69) is 77.5 Å². The molecule has 4 aliphatic heterocycles. The maximum absolute atomic E-state index is 9.55. The fraction of sp³-hybridized carbons (Fsp3) is 0.542. The Morgan fingerprint density at radius 1 is 0.412 bits per heavy atom. The molecule has 2 unspecified atom stereocenters. The molecule has 0 amide bonds. The molecule has 0 spiro atoms. The van der Waals surface area contributed by atoms with Gasteiger partial charge in [0, 0.05) is 150 Å². The van der Waals surface area contributed by atoms with Crippen LogP contribution in [0.4, 0.5) is 11.4 Å². The summed E-state index contributed by atoms with van der Waals surface area (Å²) in [5, 5.41) is 46.9. The lowest BCUT2D eigenvalue weighted by atomic mass is 10.2. The molecule has 2 aromatic heterocycles. The first-order valence-corrected chi connectivity index (χ1v) is 23.2. The van der Waals surface area contributed by atoms with Crippen LogP contribution in [0.3, 0.4) is 0 Å². The van der Waals surface area contributed by atoms with Crippen molar-refractivity contribution in [3.05, 3.63) is 85.5 Å². The van der Waals surface area contributed by atoms with Crippen LogP contribution in [0.15, 0.2) is 85.5 Å². The molecule has 4 fully saturated rings. The lowest BCUT2D eigenvalue weighted by Crippen LogP contribution is -2.52. The summed E-state index contributed by atoms with van der Waals surface area (Å²) < 4.78 is 0. The number of nitrogens with zero attached hydrogens (tertiary/aromatic N) is 8. The lowest BCUT2D eigenvalue weighted by Gasteiger charge is -2.40. The first kappa shape index (κ1) is 57.9. The van der Waals surface area contributed by atoms with E-state index in [9.17, 15) is 28.8 Å². The van der Waals surface area contributed by atoms with Gasteiger partial charge in [0.15, 0.2) is 0 Å². The lowest BCUT2D eigenvalue weighted by molar-refractivity contribution is -0.134. The Balaban J connectivity index is 0.000000320. The van der Waals surface area contributed by atoms with Gasteiger partial charge in [-0.05, 0) is 90.0 Å². The highest BCUT2D eigenvalue weighted by Crippen LogP contribution is 2.19. The van der Waals surface area contributed by atoms with Crippen molar-refractivity contribution in [2.45, 2.75) is 77.3 Å². The standard InChI is InChI=1S/2C18H30N4.3C4H4O4/c2*1-17(16-20-10-4-2-3-5-11-20)21-12-14-22(15-13-21)18-6-8-19-9-7-18;3*5-3(6)1-2-4(7)8/h2*6-9,17H,2-5,10-16H2,1H3;3*1-2H,(H,5,6)(H,7,8)/b;;3*2-1-. The number of aromatic nitrogens is 2. The number of piperazine rings is 2. The van der Waals surface area contributed by atoms with Crippen LogP contribution >= 0.6 is 0 Å². The van der Waals surface area contributed by atoms with Crippen molar-refractivity contribution in [2.24, 2.45) is 0 Å². The molecule has 4 saturated heterocycles. The maximum Gasteiger partial charge on any atom is 0.328 e. The number of carboxylic acid groups (broad SMARTS) is 6. The molecule has 6 rings (SSSR count). The molecule has 4 aliphatic rings. The highest BCUT2D eigenvalue weighted by atomic mass is 16.4. The summed E-state index contributed by atoms with van der Waals surface area (Å²) in [5.74, 6) is -7.54. The van der Waals surface area contributed by atoms with Crippen LogP contribution in [0.2, 0.25) is 0 Å². The second-order valence-corrected chi connectivity index (χ2v) is 16.6. The zero-order valence-electron chi connectivity index (χ0n) is 39.5. The third-order valence-electron chi connectivity index (χ3n) is 11.5. The Labute approximate surface area is 399 Å². The van der Waals surface area contributed by atoms with Crippen molar-refractivity contribution in [1.29, 1.82) is 0 Å². The fourth-order valence-corrected chi connectivity index (χ4v) is 8.00. The zero-order chi connectivity index (χ0) is 50.1. The molecule has 0 saturated carbocycles. The summed E-state index contributed by atoms with van der Waals surface area (Å²) in [4.78, 5) is 81.2. The number of pyridine rings is 2. The van der Waals surface area contributed by atoms with Crippen molar-refractivity contribution in [2.75, 3.05) is 101 Å². The van der Waals surface area contributed by atoms with E-state index in [1.807, 2.05) is 24.8 Å². The maximum atomic E-state index is 9.55. The minimum Gasteiger partial charge on any atom is -0.478 e. The topological polar surface area (TPSA) is 269 Å². The minimum atomic E-state index is -1.26. The van der Waals surface area contributed by atoms with E-state index in [0.29, 0.717) is 48.5 Å². The SMILES string of the molecule is CC(CN1CCCCCC1)N1CCN(c2ccncc2)CC1.CC(CN1CCCCCC1)N1CCN(c2ccncc2)CC1.O=C(O)/C=C\C(=O)O.O=C(O)/C=C\C(=O)O.O=C(O)/C=C\C(=O)O. The zero-order valence-corrected chi connectivity index (χ0v) is 39.5. The number of hydrogen-bond acceptors (Lipinski definition) is 14. The number of anilines is 2. The highest BCUT2D eigenvalue weighted by molar-refractivity contribution is 5.90. The van der Waals surface area contributed by atoms with Gasteiger partial charge in [0.1, 0.15) is 0 Å². The molecule has 0 radical (unpaired) electrons. The van der Waals surface area contributed by atoms with Gasteiger partial charge in [-0.15, -0.1) is 0 Å². The Hall–Kier alpha value is -6.22. The summed E-state index contributed by atoms with van der Waals surface area (Å²) in [7, 11) is 0. The Kier molecular flexibility index (Phi) is 29.1. The molecule has 376 valence electrons. The van der Waals surface area contributed by atoms with Crippen molar-refractivity contribution < 1.29 is 59.4 Å². The van der Waals surface area contributed by atoms with Crippen LogP contribution in [0.25, 0.3) is 0 Å². The number of aliphatic carboxylic acids is 6. The normalized spacial score (nSPS) is 18.4. The average Bonchev–Trinajstić information content (AvgIpc) is 3.76. The van der Waals surface area contributed by atoms with Gasteiger partial charge in [-0.25, -0.2) is 28.8 Å². The molecule has 2 atom stereocenters. The molecule has 0 bridgehead atoms. The molecule has 6 N–H and O–H groups in total. The van der Waals surface area contributed by atoms with Crippen LogP contribution < -0.4 is 9.80 Å². The molecular weight excluding hydrogens is 881 g/mol. The van der Waals surface area contributed by atoms with E-state index in [1.165, 1.54) is 128 Å². The molecule has 0 aliphatic carbocycles. The Bertz CT molecular complexity index is 1640. The third kappa shape index (κ3) is 27.4. The smallest absolute Gasteiger partial charge is 0.328 e.